The highest BCUT2D eigenvalue weighted by atomic mass is 32.1. The Labute approximate surface area is 246 Å². The van der Waals surface area contributed by atoms with Crippen LogP contribution in [0.3, 0.4) is 0 Å². The molecule has 1 aliphatic heterocycles. The molecule has 0 bridgehead atoms. The number of ether oxygens (including phenoxy) is 1. The third-order valence-corrected chi connectivity index (χ3v) is 8.66. The molecule has 3 N–H and O–H groups in total. The fourth-order valence-corrected chi connectivity index (χ4v) is 6.88. The number of anilines is 3. The predicted octanol–water partition coefficient (Wildman–Crippen LogP) is 7.20. The van der Waals surface area contributed by atoms with Gasteiger partial charge in [0.05, 0.1) is 22.4 Å². The Morgan fingerprint density at radius 3 is 2.48 bits per heavy atom. The molecule has 2 aromatic heterocycles. The van der Waals surface area contributed by atoms with Crippen LogP contribution in [0.4, 0.5) is 26.7 Å². The predicted molar refractivity (Wildman–Crippen MR) is 162 cm³/mol. The number of carbonyl (C=O) groups is 3. The van der Waals surface area contributed by atoms with Gasteiger partial charge in [-0.3, -0.25) is 9.69 Å². The van der Waals surface area contributed by atoms with Crippen LogP contribution in [-0.4, -0.2) is 50.6 Å². The van der Waals surface area contributed by atoms with Crippen molar-refractivity contribution >= 4 is 56.6 Å². The number of para-hydroxylation sites is 1. The van der Waals surface area contributed by atoms with Crippen LogP contribution in [0.15, 0.2) is 66.9 Å². The number of nitrogens with one attached hydrogen (secondary N) is 2. The summed E-state index contributed by atoms with van der Waals surface area (Å²) < 4.78 is 5.89. The lowest BCUT2D eigenvalue weighted by molar-refractivity contribution is 0.0711. The van der Waals surface area contributed by atoms with Gasteiger partial charge in [0.2, 0.25) is 0 Å². The minimum absolute atomic E-state index is 0.177. The molecule has 6 rings (SSSR count). The Morgan fingerprint density at radius 2 is 1.79 bits per heavy atom. The van der Waals surface area contributed by atoms with Gasteiger partial charge >= 0.3 is 12.1 Å². The van der Waals surface area contributed by atoms with E-state index in [9.17, 15) is 19.5 Å². The Morgan fingerprint density at radius 1 is 1.07 bits per heavy atom. The van der Waals surface area contributed by atoms with Crippen LogP contribution in [0.2, 0.25) is 0 Å². The molecule has 0 spiro atoms. The fourth-order valence-electron chi connectivity index (χ4n) is 5.85. The highest BCUT2D eigenvalue weighted by molar-refractivity contribution is 7.21. The first kappa shape index (κ1) is 27.5. The van der Waals surface area contributed by atoms with Crippen molar-refractivity contribution in [2.75, 3.05) is 10.2 Å². The van der Waals surface area contributed by atoms with E-state index in [0.717, 1.165) is 0 Å². The van der Waals surface area contributed by atoms with Crippen LogP contribution in [-0.2, 0) is 0 Å². The van der Waals surface area contributed by atoms with Crippen molar-refractivity contribution in [3.05, 3.63) is 71.7 Å². The van der Waals surface area contributed by atoms with Crippen LogP contribution < -0.4 is 20.3 Å². The second-order valence-corrected chi connectivity index (χ2v) is 12.5. The van der Waals surface area contributed by atoms with Gasteiger partial charge in [-0.15, -0.1) is 11.3 Å². The average Bonchev–Trinajstić information content (AvgIpc) is 3.54. The van der Waals surface area contributed by atoms with Gasteiger partial charge in [-0.2, -0.15) is 0 Å². The lowest BCUT2D eigenvalue weighted by atomic mass is 10.0. The van der Waals surface area contributed by atoms with Crippen molar-refractivity contribution in [3.8, 4) is 11.5 Å². The van der Waals surface area contributed by atoms with Crippen LogP contribution in [0.5, 0.6) is 11.5 Å². The lowest BCUT2D eigenvalue weighted by Gasteiger charge is -2.38. The Balaban J connectivity index is 1.23. The third kappa shape index (κ3) is 5.11. The lowest BCUT2D eigenvalue weighted by Crippen LogP contribution is -2.50. The molecule has 216 valence electrons. The summed E-state index contributed by atoms with van der Waals surface area (Å²) in [5, 5.41) is 16.5. The molecule has 11 heteroatoms. The van der Waals surface area contributed by atoms with Crippen molar-refractivity contribution in [1.29, 1.82) is 0 Å². The zero-order chi connectivity index (χ0) is 29.6. The number of urea groups is 1. The van der Waals surface area contributed by atoms with Crippen LogP contribution in [0, 0.1) is 0 Å². The van der Waals surface area contributed by atoms with Gasteiger partial charge in [0.1, 0.15) is 21.2 Å². The molecule has 2 aromatic carbocycles. The summed E-state index contributed by atoms with van der Waals surface area (Å²) in [6, 6.07) is 17.7. The van der Waals surface area contributed by atoms with Crippen molar-refractivity contribution in [2.45, 2.75) is 57.7 Å². The summed E-state index contributed by atoms with van der Waals surface area (Å²) in [5.41, 5.74) is 1.17. The van der Waals surface area contributed by atoms with Crippen molar-refractivity contribution < 1.29 is 24.2 Å². The van der Waals surface area contributed by atoms with Gasteiger partial charge in [-0.25, -0.2) is 14.6 Å². The summed E-state index contributed by atoms with van der Waals surface area (Å²) in [4.78, 5) is 47.4. The summed E-state index contributed by atoms with van der Waals surface area (Å²) in [7, 11) is 0. The topological polar surface area (TPSA) is 124 Å². The highest BCUT2D eigenvalue weighted by Gasteiger charge is 2.39. The number of carboxylic acid groups (broad SMARTS) is 1. The minimum Gasteiger partial charge on any atom is -0.465 e. The second-order valence-electron chi connectivity index (χ2n) is 11.5. The fraction of sp³-hybridized carbons (Fsp3) is 0.290. The van der Waals surface area contributed by atoms with E-state index in [1.54, 1.807) is 29.3 Å². The summed E-state index contributed by atoms with van der Waals surface area (Å²) in [6.07, 6.45) is 2.54. The molecule has 1 saturated carbocycles. The molecule has 1 aliphatic carbocycles. The number of rotatable bonds is 6. The zero-order valence-corrected chi connectivity index (χ0v) is 24.3. The monoisotopic (exact) mass is 585 g/mol. The zero-order valence-electron chi connectivity index (χ0n) is 23.5. The number of hydrogen-bond donors (Lipinski definition) is 3. The van der Waals surface area contributed by atoms with Crippen molar-refractivity contribution in [3.63, 3.8) is 0 Å². The number of benzene rings is 2. The molecular formula is C31H31N5O5S. The maximum Gasteiger partial charge on any atom is 0.407 e. The van der Waals surface area contributed by atoms with Crippen LogP contribution in [0.25, 0.3) is 10.2 Å². The number of nitrogens with zero attached hydrogens (tertiary/aromatic N) is 3. The molecule has 42 heavy (non-hydrogen) atoms. The maximum atomic E-state index is 13.5. The third-order valence-electron chi connectivity index (χ3n) is 7.56. The molecule has 0 unspecified atom stereocenters. The first-order valence-electron chi connectivity index (χ1n) is 13.8. The molecule has 0 saturated heterocycles. The molecule has 1 fully saturated rings. The number of aromatic nitrogens is 1. The smallest absolute Gasteiger partial charge is 0.407 e. The van der Waals surface area contributed by atoms with E-state index < -0.39 is 11.6 Å². The molecule has 10 nitrogen and oxygen atoms in total. The van der Waals surface area contributed by atoms with Gasteiger partial charge in [0.25, 0.3) is 5.91 Å². The van der Waals surface area contributed by atoms with E-state index in [4.69, 9.17) is 4.74 Å². The number of pyridine rings is 1. The molecule has 2 aliphatic rings. The number of hydrogen-bond acceptors (Lipinski definition) is 6. The second kappa shape index (κ2) is 10.6. The van der Waals surface area contributed by atoms with E-state index in [0.29, 0.717) is 62.9 Å². The van der Waals surface area contributed by atoms with Crippen LogP contribution in [0.1, 0.15) is 49.7 Å². The van der Waals surface area contributed by atoms with E-state index in [1.165, 1.54) is 16.2 Å². The standard InChI is InChI=1S/C31H31N5O5S/c1-31(2,3)36(30(39)40)20-10-9-18(17-20)33-27(37)26-25-24-23(15-16-32-28(24)42-26)35(29(38)34-25)19-11-13-22(14-12-19)41-21-7-5-4-6-8-21/h4-8,11-16,18,20H,9-10,17H2,1-3H3,(H,33,37)(H,34,38)(H,39,40)/t18-,20+/m0/s1. The van der Waals surface area contributed by atoms with E-state index >= 15 is 0 Å². The Hall–Kier alpha value is -4.64. The first-order valence-corrected chi connectivity index (χ1v) is 14.6. The molecule has 2 atom stereocenters. The number of amides is 4. The largest absolute Gasteiger partial charge is 0.465 e. The van der Waals surface area contributed by atoms with Gasteiger partial charge in [0, 0.05) is 23.8 Å². The van der Waals surface area contributed by atoms with Gasteiger partial charge in [-0.05, 0) is 82.5 Å². The SMILES string of the molecule is CC(C)(C)N(C(=O)O)[C@@H]1CC[C@H](NC(=O)c2sc3nccc4c3c2NC(=O)N4c2ccc(Oc3ccccc3)cc2)C1. The van der Waals surface area contributed by atoms with Crippen molar-refractivity contribution in [1.82, 2.24) is 15.2 Å². The average molecular weight is 586 g/mol. The molecular weight excluding hydrogens is 554 g/mol. The van der Waals surface area contributed by atoms with Crippen LogP contribution >= 0.6 is 11.3 Å². The molecule has 4 amide bonds. The summed E-state index contributed by atoms with van der Waals surface area (Å²) in [5.74, 6) is 1.05. The van der Waals surface area contributed by atoms with Gasteiger partial charge < -0.3 is 25.4 Å². The summed E-state index contributed by atoms with van der Waals surface area (Å²) in [6.45, 7) is 5.62. The number of carbonyl (C=O) groups excluding carboxylic acids is 2. The number of thiophene rings is 1. The van der Waals surface area contributed by atoms with E-state index in [2.05, 4.69) is 15.6 Å². The first-order chi connectivity index (χ1) is 20.1. The highest BCUT2D eigenvalue weighted by Crippen LogP contribution is 2.46. The summed E-state index contributed by atoms with van der Waals surface area (Å²) >= 11 is 1.22. The normalized spacial score (nSPS) is 18.1. The van der Waals surface area contributed by atoms with Gasteiger partial charge in [-0.1, -0.05) is 18.2 Å². The Bertz CT molecular complexity index is 1670. The molecule has 0 radical (unpaired) electrons. The Kier molecular flexibility index (Phi) is 6.97. The minimum atomic E-state index is -0.961. The van der Waals surface area contributed by atoms with E-state index in [-0.39, 0.29) is 24.0 Å². The maximum absolute atomic E-state index is 13.5. The van der Waals surface area contributed by atoms with E-state index in [1.807, 2.05) is 63.2 Å². The quantitative estimate of drug-likeness (QED) is 0.220. The van der Waals surface area contributed by atoms with Crippen molar-refractivity contribution in [2.24, 2.45) is 0 Å². The molecule has 3 heterocycles. The molecule has 4 aromatic rings. The van der Waals surface area contributed by atoms with Gasteiger partial charge in [0.15, 0.2) is 0 Å².